The molecule has 4 aromatic rings. The summed E-state index contributed by atoms with van der Waals surface area (Å²) in [5, 5.41) is 9.32. The Morgan fingerprint density at radius 3 is 2.44 bits per heavy atom. The number of rotatable bonds is 8. The number of carbonyl (C=O) groups excluding carboxylic acids is 1. The van der Waals surface area contributed by atoms with Crippen LogP contribution in [0.5, 0.6) is 5.75 Å². The molecule has 0 aliphatic rings. The number of ether oxygens (including phenoxy) is 1. The number of amides is 1. The van der Waals surface area contributed by atoms with Crippen LogP contribution in [0, 0.1) is 13.0 Å². The van der Waals surface area contributed by atoms with Crippen molar-refractivity contribution < 1.29 is 13.9 Å². The molecule has 0 saturated carbocycles. The van der Waals surface area contributed by atoms with Gasteiger partial charge in [-0.05, 0) is 103 Å². The molecule has 0 heterocycles. The lowest BCUT2D eigenvalue weighted by Crippen LogP contribution is -2.25. The van der Waals surface area contributed by atoms with Gasteiger partial charge in [-0.25, -0.2) is 9.82 Å². The van der Waals surface area contributed by atoms with Gasteiger partial charge in [0.2, 0.25) is 0 Å². The Morgan fingerprint density at radius 2 is 1.68 bits per heavy atom. The SMILES string of the molecule is O=C(CNc1ccc(F)cc1)N/N=C\c1cc(I)c(OCc2cccc3ccccc23)c(I)c1. The van der Waals surface area contributed by atoms with Crippen LogP contribution in [0.1, 0.15) is 11.1 Å². The van der Waals surface area contributed by atoms with Crippen LogP contribution in [0.25, 0.3) is 10.8 Å². The highest BCUT2D eigenvalue weighted by Gasteiger charge is 2.10. The summed E-state index contributed by atoms with van der Waals surface area (Å²) in [6.07, 6.45) is 1.59. The number of benzene rings is 4. The topological polar surface area (TPSA) is 62.7 Å². The second-order valence-corrected chi connectivity index (χ2v) is 9.72. The molecule has 34 heavy (non-hydrogen) atoms. The molecule has 0 aliphatic heterocycles. The Hall–Kier alpha value is -2.73. The van der Waals surface area contributed by atoms with Crippen molar-refractivity contribution in [3.63, 3.8) is 0 Å². The maximum Gasteiger partial charge on any atom is 0.259 e. The quantitative estimate of drug-likeness (QED) is 0.130. The summed E-state index contributed by atoms with van der Waals surface area (Å²) in [4.78, 5) is 12.0. The minimum Gasteiger partial charge on any atom is -0.487 e. The van der Waals surface area contributed by atoms with Crippen molar-refractivity contribution in [3.05, 3.63) is 103 Å². The van der Waals surface area contributed by atoms with Gasteiger partial charge in [0.05, 0.1) is 19.9 Å². The van der Waals surface area contributed by atoms with Crippen LogP contribution >= 0.6 is 45.2 Å². The summed E-state index contributed by atoms with van der Waals surface area (Å²) in [7, 11) is 0. The van der Waals surface area contributed by atoms with Crippen molar-refractivity contribution in [1.82, 2.24) is 5.43 Å². The molecule has 4 aromatic carbocycles. The number of anilines is 1. The first-order chi connectivity index (χ1) is 16.5. The molecule has 0 radical (unpaired) electrons. The first-order valence-corrected chi connectivity index (χ1v) is 12.5. The zero-order valence-electron chi connectivity index (χ0n) is 17.9. The molecule has 0 aliphatic carbocycles. The zero-order chi connectivity index (χ0) is 23.9. The van der Waals surface area contributed by atoms with Crippen LogP contribution < -0.4 is 15.5 Å². The average molecular weight is 679 g/mol. The van der Waals surface area contributed by atoms with E-state index in [-0.39, 0.29) is 18.3 Å². The number of nitrogens with zero attached hydrogens (tertiary/aromatic N) is 1. The summed E-state index contributed by atoms with van der Waals surface area (Å²) < 4.78 is 21.0. The highest BCUT2D eigenvalue weighted by Crippen LogP contribution is 2.30. The summed E-state index contributed by atoms with van der Waals surface area (Å²) in [5.41, 5.74) is 5.12. The minimum atomic E-state index is -0.325. The molecule has 0 aromatic heterocycles. The Balaban J connectivity index is 1.34. The van der Waals surface area contributed by atoms with Crippen LogP contribution in [0.3, 0.4) is 0 Å². The van der Waals surface area contributed by atoms with E-state index in [0.29, 0.717) is 12.3 Å². The molecule has 2 N–H and O–H groups in total. The summed E-state index contributed by atoms with van der Waals surface area (Å²) in [5.74, 6) is 0.188. The third-order valence-corrected chi connectivity index (χ3v) is 6.58. The predicted octanol–water partition coefficient (Wildman–Crippen LogP) is 6.33. The van der Waals surface area contributed by atoms with Crippen molar-refractivity contribution in [2.75, 3.05) is 11.9 Å². The van der Waals surface area contributed by atoms with E-state index < -0.39 is 0 Å². The molecular formula is C26H20FI2N3O2. The Morgan fingerprint density at radius 1 is 0.971 bits per heavy atom. The number of hydrogen-bond donors (Lipinski definition) is 2. The zero-order valence-corrected chi connectivity index (χ0v) is 22.2. The maximum atomic E-state index is 12.9. The van der Waals surface area contributed by atoms with Gasteiger partial charge in [-0.15, -0.1) is 0 Å². The average Bonchev–Trinajstić information content (AvgIpc) is 2.83. The van der Waals surface area contributed by atoms with Gasteiger partial charge in [-0.1, -0.05) is 42.5 Å². The predicted molar refractivity (Wildman–Crippen MR) is 151 cm³/mol. The van der Waals surface area contributed by atoms with E-state index >= 15 is 0 Å². The van der Waals surface area contributed by atoms with Gasteiger partial charge in [0.25, 0.3) is 5.91 Å². The first kappa shape index (κ1) is 24.4. The molecular weight excluding hydrogens is 659 g/mol. The second-order valence-electron chi connectivity index (χ2n) is 7.39. The van der Waals surface area contributed by atoms with Gasteiger partial charge in [-0.2, -0.15) is 5.10 Å². The van der Waals surface area contributed by atoms with Gasteiger partial charge in [-0.3, -0.25) is 4.79 Å². The number of hydrogen-bond acceptors (Lipinski definition) is 4. The molecule has 0 spiro atoms. The van der Waals surface area contributed by atoms with E-state index in [0.717, 1.165) is 24.0 Å². The summed E-state index contributed by atoms with van der Waals surface area (Å²) >= 11 is 4.49. The van der Waals surface area contributed by atoms with Crippen molar-refractivity contribution in [2.45, 2.75) is 6.61 Å². The lowest BCUT2D eigenvalue weighted by Gasteiger charge is -2.13. The monoisotopic (exact) mass is 679 g/mol. The fourth-order valence-corrected chi connectivity index (χ4v) is 5.46. The third kappa shape index (κ3) is 6.44. The van der Waals surface area contributed by atoms with E-state index in [1.165, 1.54) is 22.9 Å². The van der Waals surface area contributed by atoms with Crippen molar-refractivity contribution in [1.29, 1.82) is 0 Å². The van der Waals surface area contributed by atoms with Gasteiger partial charge in [0, 0.05) is 5.69 Å². The number of carbonyl (C=O) groups is 1. The molecule has 0 fully saturated rings. The standard InChI is InChI=1S/C26H20FI2N3O2/c27-20-8-10-21(11-9-20)30-15-25(33)32-31-14-17-12-23(28)26(24(29)13-17)34-16-19-6-3-5-18-4-1-2-7-22(18)19/h1-14,30H,15-16H2,(H,32,33)/b31-14-. The molecule has 4 rings (SSSR count). The largest absolute Gasteiger partial charge is 0.487 e. The molecule has 0 atom stereocenters. The highest BCUT2D eigenvalue weighted by atomic mass is 127. The molecule has 1 amide bonds. The normalized spacial score (nSPS) is 11.0. The third-order valence-electron chi connectivity index (χ3n) is 4.97. The lowest BCUT2D eigenvalue weighted by molar-refractivity contribution is -0.119. The van der Waals surface area contributed by atoms with E-state index in [2.05, 4.69) is 85.3 Å². The molecule has 8 heteroatoms. The van der Waals surface area contributed by atoms with Crippen molar-refractivity contribution in [3.8, 4) is 5.75 Å². The van der Waals surface area contributed by atoms with E-state index in [4.69, 9.17) is 4.74 Å². The fraction of sp³-hybridized carbons (Fsp3) is 0.0769. The maximum absolute atomic E-state index is 12.9. The molecule has 0 unspecified atom stereocenters. The van der Waals surface area contributed by atoms with Gasteiger partial charge >= 0.3 is 0 Å². The molecule has 0 saturated heterocycles. The van der Waals surface area contributed by atoms with Crippen LogP contribution in [0.4, 0.5) is 10.1 Å². The Labute approximate surface area is 224 Å². The van der Waals surface area contributed by atoms with E-state index in [1.807, 2.05) is 30.3 Å². The Kier molecular flexibility index (Phi) is 8.33. The summed E-state index contributed by atoms with van der Waals surface area (Å²) in [6, 6.07) is 24.2. The lowest BCUT2D eigenvalue weighted by atomic mass is 10.1. The number of halogens is 3. The highest BCUT2D eigenvalue weighted by molar-refractivity contribution is 14.1. The molecule has 0 bridgehead atoms. The Bertz CT molecular complexity index is 1320. The molecule has 172 valence electrons. The number of nitrogens with one attached hydrogen (secondary N) is 2. The summed E-state index contributed by atoms with van der Waals surface area (Å²) in [6.45, 7) is 0.497. The van der Waals surface area contributed by atoms with Gasteiger partial charge in [0.15, 0.2) is 0 Å². The van der Waals surface area contributed by atoms with Crippen LogP contribution in [0.15, 0.2) is 84.0 Å². The van der Waals surface area contributed by atoms with Gasteiger partial charge in [0.1, 0.15) is 18.2 Å². The molecule has 5 nitrogen and oxygen atoms in total. The van der Waals surface area contributed by atoms with Gasteiger partial charge < -0.3 is 10.1 Å². The van der Waals surface area contributed by atoms with Crippen LogP contribution in [0.2, 0.25) is 0 Å². The second kappa shape index (κ2) is 11.6. The first-order valence-electron chi connectivity index (χ1n) is 10.4. The number of fused-ring (bicyclic) bond motifs is 1. The van der Waals surface area contributed by atoms with E-state index in [9.17, 15) is 9.18 Å². The fourth-order valence-electron chi connectivity index (χ4n) is 3.33. The number of hydrazone groups is 1. The van der Waals surface area contributed by atoms with Crippen molar-refractivity contribution >= 4 is 73.8 Å². The van der Waals surface area contributed by atoms with Crippen molar-refractivity contribution in [2.24, 2.45) is 5.10 Å². The van der Waals surface area contributed by atoms with Crippen LogP contribution in [-0.4, -0.2) is 18.7 Å². The minimum absolute atomic E-state index is 0.0268. The smallest absolute Gasteiger partial charge is 0.259 e. The van der Waals surface area contributed by atoms with E-state index in [1.54, 1.807) is 18.3 Å². The van der Waals surface area contributed by atoms with Crippen LogP contribution in [-0.2, 0) is 11.4 Å².